The quantitative estimate of drug-likeness (QED) is 0.508. The van der Waals surface area contributed by atoms with Crippen molar-refractivity contribution < 1.29 is 13.9 Å². The molecule has 2 heterocycles. The number of rotatable bonds is 8. The standard InChI is InChI=1S/C21H29FN4O2S/c1-23-21(25-15-19(27-2)16-5-7-17(22)8-6-16)24-14-18(20-4-3-13-29-20)26-9-11-28-12-10-26/h3-8,13,18-19H,9-12,14-15H2,1-2H3,(H2,23,24,25). The van der Waals surface area contributed by atoms with Crippen LogP contribution in [0.25, 0.3) is 0 Å². The number of benzene rings is 1. The van der Waals surface area contributed by atoms with Crippen molar-refractivity contribution in [2.75, 3.05) is 53.6 Å². The Labute approximate surface area is 175 Å². The zero-order valence-corrected chi connectivity index (χ0v) is 17.8. The van der Waals surface area contributed by atoms with Crippen LogP contribution in [0.4, 0.5) is 4.39 Å². The summed E-state index contributed by atoms with van der Waals surface area (Å²) in [5.41, 5.74) is 0.918. The molecule has 0 radical (unpaired) electrons. The lowest BCUT2D eigenvalue weighted by atomic mass is 10.1. The number of guanidine groups is 1. The first kappa shape index (κ1) is 21.7. The summed E-state index contributed by atoms with van der Waals surface area (Å²) in [4.78, 5) is 8.12. The van der Waals surface area contributed by atoms with E-state index in [-0.39, 0.29) is 18.0 Å². The monoisotopic (exact) mass is 420 g/mol. The first-order valence-corrected chi connectivity index (χ1v) is 10.7. The highest BCUT2D eigenvalue weighted by Gasteiger charge is 2.23. The van der Waals surface area contributed by atoms with Gasteiger partial charge in [-0.15, -0.1) is 11.3 Å². The highest BCUT2D eigenvalue weighted by atomic mass is 32.1. The summed E-state index contributed by atoms with van der Waals surface area (Å²) in [7, 11) is 3.40. The average Bonchev–Trinajstić information content (AvgIpc) is 3.29. The third kappa shape index (κ3) is 6.24. The molecule has 29 heavy (non-hydrogen) atoms. The fraction of sp³-hybridized carbons (Fsp3) is 0.476. The zero-order chi connectivity index (χ0) is 20.5. The summed E-state index contributed by atoms with van der Waals surface area (Å²) in [5, 5.41) is 8.87. The molecular formula is C21H29FN4O2S. The molecule has 0 amide bonds. The van der Waals surface area contributed by atoms with Crippen LogP contribution in [0.3, 0.4) is 0 Å². The Bertz CT molecular complexity index is 749. The molecular weight excluding hydrogens is 391 g/mol. The highest BCUT2D eigenvalue weighted by molar-refractivity contribution is 7.10. The van der Waals surface area contributed by atoms with Crippen LogP contribution in [0.2, 0.25) is 0 Å². The van der Waals surface area contributed by atoms with Gasteiger partial charge in [-0.3, -0.25) is 9.89 Å². The van der Waals surface area contributed by atoms with Crippen LogP contribution < -0.4 is 10.6 Å². The van der Waals surface area contributed by atoms with Crippen molar-refractivity contribution in [3.8, 4) is 0 Å². The Balaban J connectivity index is 1.57. The first-order valence-electron chi connectivity index (χ1n) is 9.79. The van der Waals surface area contributed by atoms with E-state index in [9.17, 15) is 4.39 Å². The summed E-state index contributed by atoms with van der Waals surface area (Å²) in [6, 6.07) is 10.9. The fourth-order valence-corrected chi connectivity index (χ4v) is 4.26. The molecule has 1 fully saturated rings. The van der Waals surface area contributed by atoms with Crippen LogP contribution in [0.5, 0.6) is 0 Å². The number of hydrogen-bond acceptors (Lipinski definition) is 5. The van der Waals surface area contributed by atoms with Crippen LogP contribution in [-0.4, -0.2) is 64.4 Å². The van der Waals surface area contributed by atoms with Gasteiger partial charge in [0.15, 0.2) is 5.96 Å². The second-order valence-electron chi connectivity index (χ2n) is 6.79. The van der Waals surface area contributed by atoms with Crippen molar-refractivity contribution in [1.29, 1.82) is 0 Å². The van der Waals surface area contributed by atoms with Crippen LogP contribution in [0.1, 0.15) is 22.6 Å². The van der Waals surface area contributed by atoms with E-state index in [0.29, 0.717) is 12.5 Å². The molecule has 0 bridgehead atoms. The van der Waals surface area contributed by atoms with E-state index < -0.39 is 0 Å². The molecule has 2 atom stereocenters. The molecule has 2 aromatic rings. The second kappa shape index (κ2) is 11.3. The Morgan fingerprint density at radius 3 is 2.55 bits per heavy atom. The number of ether oxygens (including phenoxy) is 2. The predicted octanol–water partition coefficient (Wildman–Crippen LogP) is 2.81. The van der Waals surface area contributed by atoms with E-state index >= 15 is 0 Å². The predicted molar refractivity (Wildman–Crippen MR) is 115 cm³/mol. The van der Waals surface area contributed by atoms with Crippen LogP contribution in [-0.2, 0) is 9.47 Å². The largest absolute Gasteiger partial charge is 0.379 e. The van der Waals surface area contributed by atoms with Crippen LogP contribution in [0, 0.1) is 5.82 Å². The Kier molecular flexibility index (Phi) is 8.42. The molecule has 1 aliphatic heterocycles. The Hall–Kier alpha value is -2.00. The number of halogens is 1. The van der Waals surface area contributed by atoms with E-state index in [1.165, 1.54) is 17.0 Å². The first-order chi connectivity index (χ1) is 14.2. The molecule has 0 spiro atoms. The van der Waals surface area contributed by atoms with Crippen molar-refractivity contribution >= 4 is 17.3 Å². The van der Waals surface area contributed by atoms with Gasteiger partial charge in [-0.1, -0.05) is 18.2 Å². The van der Waals surface area contributed by atoms with Crippen molar-refractivity contribution in [1.82, 2.24) is 15.5 Å². The van der Waals surface area contributed by atoms with E-state index in [1.807, 2.05) is 0 Å². The third-order valence-electron chi connectivity index (χ3n) is 5.03. The van der Waals surface area contributed by atoms with Gasteiger partial charge in [-0.05, 0) is 29.1 Å². The smallest absolute Gasteiger partial charge is 0.191 e. The van der Waals surface area contributed by atoms with Gasteiger partial charge in [0.05, 0.1) is 25.4 Å². The maximum Gasteiger partial charge on any atom is 0.191 e. The van der Waals surface area contributed by atoms with Crippen LogP contribution in [0.15, 0.2) is 46.8 Å². The molecule has 1 saturated heterocycles. The van der Waals surface area contributed by atoms with E-state index in [2.05, 4.69) is 38.0 Å². The van der Waals surface area contributed by atoms with Gasteiger partial charge < -0.3 is 20.1 Å². The van der Waals surface area contributed by atoms with Crippen LogP contribution >= 0.6 is 11.3 Å². The molecule has 3 rings (SSSR count). The summed E-state index contributed by atoms with van der Waals surface area (Å²) in [5.74, 6) is 0.459. The number of nitrogens with zero attached hydrogens (tertiary/aromatic N) is 2. The number of methoxy groups -OCH3 is 1. The van der Waals surface area contributed by atoms with Gasteiger partial charge in [-0.2, -0.15) is 0 Å². The number of thiophene rings is 1. The summed E-state index contributed by atoms with van der Waals surface area (Å²) in [6.07, 6.45) is -0.193. The zero-order valence-electron chi connectivity index (χ0n) is 16.9. The van der Waals surface area contributed by atoms with Gasteiger partial charge in [0, 0.05) is 45.2 Å². The molecule has 1 aliphatic rings. The van der Waals surface area contributed by atoms with E-state index in [0.717, 1.165) is 38.4 Å². The van der Waals surface area contributed by atoms with Gasteiger partial charge >= 0.3 is 0 Å². The highest BCUT2D eigenvalue weighted by Crippen LogP contribution is 2.25. The number of nitrogens with one attached hydrogen (secondary N) is 2. The number of aliphatic imine (C=N–C) groups is 1. The van der Waals surface area contributed by atoms with Gasteiger partial charge in [0.2, 0.25) is 0 Å². The minimum Gasteiger partial charge on any atom is -0.379 e. The summed E-state index contributed by atoms with van der Waals surface area (Å²) >= 11 is 1.77. The maximum absolute atomic E-state index is 13.2. The van der Waals surface area contributed by atoms with Crippen molar-refractivity contribution in [3.05, 3.63) is 58.0 Å². The molecule has 1 aromatic heterocycles. The molecule has 2 unspecified atom stereocenters. The molecule has 1 aromatic carbocycles. The fourth-order valence-electron chi connectivity index (χ4n) is 3.40. The normalized spacial score (nSPS) is 17.7. The van der Waals surface area contributed by atoms with E-state index in [4.69, 9.17) is 9.47 Å². The molecule has 8 heteroatoms. The van der Waals surface area contributed by atoms with E-state index in [1.54, 1.807) is 37.6 Å². The van der Waals surface area contributed by atoms with Gasteiger partial charge in [0.25, 0.3) is 0 Å². The second-order valence-corrected chi connectivity index (χ2v) is 7.77. The number of hydrogen-bond donors (Lipinski definition) is 2. The number of morpholine rings is 1. The minimum atomic E-state index is -0.253. The third-order valence-corrected chi connectivity index (χ3v) is 6.00. The Morgan fingerprint density at radius 1 is 1.21 bits per heavy atom. The molecule has 0 aliphatic carbocycles. The van der Waals surface area contributed by atoms with Gasteiger partial charge in [-0.25, -0.2) is 4.39 Å². The molecule has 6 nitrogen and oxygen atoms in total. The minimum absolute atomic E-state index is 0.193. The molecule has 158 valence electrons. The van der Waals surface area contributed by atoms with Crippen molar-refractivity contribution in [3.63, 3.8) is 0 Å². The van der Waals surface area contributed by atoms with Crippen molar-refractivity contribution in [2.45, 2.75) is 12.1 Å². The topological polar surface area (TPSA) is 58.1 Å². The summed E-state index contributed by atoms with van der Waals surface area (Å²) in [6.45, 7) is 4.65. The van der Waals surface area contributed by atoms with Crippen molar-refractivity contribution in [2.24, 2.45) is 4.99 Å². The van der Waals surface area contributed by atoms with Gasteiger partial charge in [0.1, 0.15) is 5.82 Å². The maximum atomic E-state index is 13.2. The lowest BCUT2D eigenvalue weighted by molar-refractivity contribution is 0.0177. The summed E-state index contributed by atoms with van der Waals surface area (Å²) < 4.78 is 24.2. The SMILES string of the molecule is CN=C(NCC(OC)c1ccc(F)cc1)NCC(c1cccs1)N1CCOCC1. The lowest BCUT2D eigenvalue weighted by Crippen LogP contribution is -2.46. The lowest BCUT2D eigenvalue weighted by Gasteiger charge is -2.34. The molecule has 2 N–H and O–H groups in total. The molecule has 0 saturated carbocycles. The average molecular weight is 421 g/mol. The Morgan fingerprint density at radius 2 is 1.93 bits per heavy atom.